The van der Waals surface area contributed by atoms with E-state index >= 15 is 0 Å². The Bertz CT molecular complexity index is 1630. The Morgan fingerprint density at radius 2 is 1.10 bits per heavy atom. The lowest BCUT2D eigenvalue weighted by Gasteiger charge is -2.08. The molecular formula is C44H60N4O10. The van der Waals surface area contributed by atoms with Crippen LogP contribution in [0.3, 0.4) is 0 Å². The van der Waals surface area contributed by atoms with E-state index < -0.39 is 6.09 Å². The standard InChI is InChI=1S/C22H30N2O5.C12H14O3.C10H16N2O2/c1-4-16-28-20(25)13-10-18-8-11-19(12-9-18)29-22(27)24-15-7-5-6-14-23-21(26)17(2)3;1-2-9-15-12(14)8-5-10-3-6-11(13)7-4-10;1-9(2)10(14)12-7-5-3-4-6-11-8-13/h4,8-9,11-12H,1-2,5-7,10,13-16H2,3H3,(H,23,26)(H,24,27);2-4,6-7,13H,1,5,8-9H2;1,3-7H2,2H3,(H,12,14). The van der Waals surface area contributed by atoms with Crippen molar-refractivity contribution in [3.8, 4) is 11.5 Å². The summed E-state index contributed by atoms with van der Waals surface area (Å²) in [6, 6.07) is 13.8. The SMILES string of the molecule is C=C(C)C(=O)NCCCCCN=C=O.C=CCOC(=O)CCc1ccc(O)cc1.C=CCOC(=O)CCc1ccc(OC(=O)NCCCCCNC(=O)C(=C)C)cc1. The van der Waals surface area contributed by atoms with Gasteiger partial charge in [0.05, 0.1) is 6.54 Å². The van der Waals surface area contributed by atoms with Crippen LogP contribution in [0.15, 0.2) is 103 Å². The molecule has 0 aliphatic rings. The topological polar surface area (TPSA) is 199 Å². The molecule has 14 heteroatoms. The lowest BCUT2D eigenvalue weighted by molar-refractivity contribution is -0.143. The minimum absolute atomic E-state index is 0.101. The summed E-state index contributed by atoms with van der Waals surface area (Å²) in [7, 11) is 0. The first-order valence-electron chi connectivity index (χ1n) is 19.1. The van der Waals surface area contributed by atoms with Crippen molar-refractivity contribution >= 4 is 35.9 Å². The number of aliphatic imine (C=N–C) groups is 1. The molecule has 0 radical (unpaired) electrons. The summed E-state index contributed by atoms with van der Waals surface area (Å²) < 4.78 is 15.0. The number of phenols is 1. The zero-order valence-corrected chi connectivity index (χ0v) is 34.0. The fraction of sp³-hybridized carbons (Fsp3) is 0.409. The first kappa shape index (κ1) is 51.7. The summed E-state index contributed by atoms with van der Waals surface area (Å²) in [6.07, 6.45) is 11.0. The number of nitrogens with zero attached hydrogens (tertiary/aromatic N) is 1. The fourth-order valence-corrected chi connectivity index (χ4v) is 4.33. The number of aromatic hydroxyl groups is 1. The Morgan fingerprint density at radius 3 is 1.53 bits per heavy atom. The monoisotopic (exact) mass is 804 g/mol. The number of nitrogens with one attached hydrogen (secondary N) is 3. The Hall–Kier alpha value is -6.27. The molecule has 0 unspecified atom stereocenters. The van der Waals surface area contributed by atoms with Crippen LogP contribution in [-0.4, -0.2) is 80.4 Å². The molecule has 4 N–H and O–H groups in total. The highest BCUT2D eigenvalue weighted by molar-refractivity contribution is 5.92. The highest BCUT2D eigenvalue weighted by Gasteiger charge is 2.07. The molecule has 0 spiro atoms. The number of unbranched alkanes of at least 4 members (excludes halogenated alkanes) is 4. The van der Waals surface area contributed by atoms with Crippen LogP contribution < -0.4 is 20.7 Å². The summed E-state index contributed by atoms with van der Waals surface area (Å²) in [4.78, 5) is 69.8. The third-order valence-corrected chi connectivity index (χ3v) is 7.51. The molecular weight excluding hydrogens is 745 g/mol. The van der Waals surface area contributed by atoms with Crippen molar-refractivity contribution in [3.63, 3.8) is 0 Å². The van der Waals surface area contributed by atoms with E-state index in [0.717, 1.165) is 49.7 Å². The molecule has 0 atom stereocenters. The van der Waals surface area contributed by atoms with Crippen LogP contribution in [0.4, 0.5) is 4.79 Å². The minimum atomic E-state index is -0.513. The molecule has 2 aromatic carbocycles. The van der Waals surface area contributed by atoms with Gasteiger partial charge in [-0.2, -0.15) is 0 Å². The molecule has 58 heavy (non-hydrogen) atoms. The number of rotatable bonds is 25. The quantitative estimate of drug-likeness (QED) is 0.0214. The maximum absolute atomic E-state index is 11.8. The lowest BCUT2D eigenvalue weighted by Crippen LogP contribution is -2.28. The fourth-order valence-electron chi connectivity index (χ4n) is 4.33. The Morgan fingerprint density at radius 1 is 0.672 bits per heavy atom. The number of carbonyl (C=O) groups excluding carboxylic acids is 6. The first-order chi connectivity index (χ1) is 27.8. The molecule has 3 amide bonds. The molecule has 0 aliphatic heterocycles. The normalized spacial score (nSPS) is 9.62. The number of benzene rings is 2. The average molecular weight is 805 g/mol. The van der Waals surface area contributed by atoms with Crippen LogP contribution in [-0.2, 0) is 46.3 Å². The van der Waals surface area contributed by atoms with Crippen molar-refractivity contribution < 1.29 is 48.1 Å². The number of aryl methyl sites for hydroxylation is 2. The zero-order chi connectivity index (χ0) is 43.4. The third-order valence-electron chi connectivity index (χ3n) is 7.51. The maximum Gasteiger partial charge on any atom is 0.412 e. The van der Waals surface area contributed by atoms with E-state index in [-0.39, 0.29) is 49.1 Å². The zero-order valence-electron chi connectivity index (χ0n) is 34.0. The lowest BCUT2D eigenvalue weighted by atomic mass is 10.1. The number of isocyanates is 1. The van der Waals surface area contributed by atoms with Crippen LogP contribution in [0.1, 0.15) is 76.3 Å². The number of carbonyl (C=O) groups is 5. The Balaban J connectivity index is 0.000000937. The minimum Gasteiger partial charge on any atom is -0.508 e. The number of hydrogen-bond donors (Lipinski definition) is 4. The van der Waals surface area contributed by atoms with Gasteiger partial charge < -0.3 is 35.3 Å². The van der Waals surface area contributed by atoms with Gasteiger partial charge in [-0.3, -0.25) is 19.2 Å². The molecule has 0 bridgehead atoms. The van der Waals surface area contributed by atoms with Gasteiger partial charge in [0.25, 0.3) is 0 Å². The first-order valence-corrected chi connectivity index (χ1v) is 19.1. The molecule has 2 rings (SSSR count). The molecule has 316 valence electrons. The molecule has 0 fully saturated rings. The number of ether oxygens (including phenoxy) is 3. The number of hydrogen-bond acceptors (Lipinski definition) is 11. The van der Waals surface area contributed by atoms with Gasteiger partial charge in [0.15, 0.2) is 0 Å². The summed E-state index contributed by atoms with van der Waals surface area (Å²) in [5.41, 5.74) is 2.97. The van der Waals surface area contributed by atoms with E-state index in [2.05, 4.69) is 47.3 Å². The number of esters is 2. The van der Waals surface area contributed by atoms with Crippen LogP contribution in [0, 0.1) is 0 Å². The predicted octanol–water partition coefficient (Wildman–Crippen LogP) is 6.54. The highest BCUT2D eigenvalue weighted by atomic mass is 16.6. The predicted molar refractivity (Wildman–Crippen MR) is 224 cm³/mol. The van der Waals surface area contributed by atoms with Gasteiger partial charge >= 0.3 is 18.0 Å². The summed E-state index contributed by atoms with van der Waals surface area (Å²) >= 11 is 0. The summed E-state index contributed by atoms with van der Waals surface area (Å²) in [5, 5.41) is 17.2. The Kier molecular flexibility index (Phi) is 30.3. The highest BCUT2D eigenvalue weighted by Crippen LogP contribution is 2.14. The van der Waals surface area contributed by atoms with Crippen molar-refractivity contribution in [2.24, 2.45) is 4.99 Å². The molecule has 14 nitrogen and oxygen atoms in total. The van der Waals surface area contributed by atoms with Crippen LogP contribution in [0.2, 0.25) is 0 Å². The van der Waals surface area contributed by atoms with E-state index in [0.29, 0.717) is 62.3 Å². The third kappa shape index (κ3) is 30.0. The van der Waals surface area contributed by atoms with E-state index in [1.807, 2.05) is 12.1 Å². The van der Waals surface area contributed by atoms with Gasteiger partial charge in [-0.25, -0.2) is 14.6 Å². The van der Waals surface area contributed by atoms with Gasteiger partial charge in [0.2, 0.25) is 17.9 Å². The van der Waals surface area contributed by atoms with E-state index in [9.17, 15) is 28.8 Å². The average Bonchev–Trinajstić information content (AvgIpc) is 3.21. The van der Waals surface area contributed by atoms with Crippen molar-refractivity contribution in [1.82, 2.24) is 16.0 Å². The van der Waals surface area contributed by atoms with Crippen LogP contribution in [0.25, 0.3) is 0 Å². The molecule has 0 aromatic heterocycles. The number of phenolic OH excluding ortho intramolecular Hbond substituents is 1. The van der Waals surface area contributed by atoms with Crippen molar-refractivity contribution in [2.75, 3.05) is 39.4 Å². The summed E-state index contributed by atoms with van der Waals surface area (Å²) in [6.45, 7) is 20.1. The van der Waals surface area contributed by atoms with Gasteiger partial charge in [0, 0.05) is 43.6 Å². The van der Waals surface area contributed by atoms with Gasteiger partial charge in [-0.1, -0.05) is 62.7 Å². The maximum atomic E-state index is 11.8. The van der Waals surface area contributed by atoms with E-state index in [4.69, 9.17) is 19.3 Å². The molecule has 2 aromatic rings. The number of amides is 3. The smallest absolute Gasteiger partial charge is 0.412 e. The van der Waals surface area contributed by atoms with Gasteiger partial charge in [-0.15, -0.1) is 0 Å². The second-order valence-electron chi connectivity index (χ2n) is 12.7. The molecule has 0 saturated heterocycles. The van der Waals surface area contributed by atoms with Gasteiger partial charge in [-0.05, 0) is 101 Å². The van der Waals surface area contributed by atoms with Crippen LogP contribution in [0.5, 0.6) is 11.5 Å². The summed E-state index contributed by atoms with van der Waals surface area (Å²) in [5.74, 6) is -0.0805. The Labute approximate surface area is 342 Å². The van der Waals surface area contributed by atoms with E-state index in [1.165, 1.54) is 12.2 Å². The molecule has 0 aliphatic carbocycles. The molecule has 0 saturated carbocycles. The van der Waals surface area contributed by atoms with E-state index in [1.54, 1.807) is 56.3 Å². The largest absolute Gasteiger partial charge is 0.508 e. The second kappa shape index (κ2) is 34.0. The van der Waals surface area contributed by atoms with Crippen molar-refractivity contribution in [2.45, 2.75) is 78.1 Å². The van der Waals surface area contributed by atoms with Gasteiger partial charge in [0.1, 0.15) is 24.7 Å². The van der Waals surface area contributed by atoms with Crippen molar-refractivity contribution in [1.29, 1.82) is 0 Å². The van der Waals surface area contributed by atoms with Crippen LogP contribution >= 0.6 is 0 Å². The molecule has 0 heterocycles. The van der Waals surface area contributed by atoms with Crippen molar-refractivity contribution in [3.05, 3.63) is 109 Å². The second-order valence-corrected chi connectivity index (χ2v) is 12.7.